The Hall–Kier alpha value is -1.13. The summed E-state index contributed by atoms with van der Waals surface area (Å²) < 4.78 is 8.28. The van der Waals surface area contributed by atoms with Crippen LogP contribution >= 0.6 is 15.9 Å². The highest BCUT2D eigenvalue weighted by Gasteiger charge is 2.21. The second-order valence-corrected chi connectivity index (χ2v) is 4.71. The Morgan fingerprint density at radius 2 is 2.25 bits per heavy atom. The van der Waals surface area contributed by atoms with Crippen molar-refractivity contribution in [2.24, 2.45) is 0 Å². The number of nitrogens with zero attached hydrogens (tertiary/aromatic N) is 2. The van der Waals surface area contributed by atoms with Crippen LogP contribution in [0, 0.1) is 6.92 Å². The summed E-state index contributed by atoms with van der Waals surface area (Å²) >= 11 is 3.58. The van der Waals surface area contributed by atoms with Gasteiger partial charge in [0.25, 0.3) is 0 Å². The third-order valence-corrected chi connectivity index (χ3v) is 3.55. The molecule has 0 fully saturated rings. The Kier molecular flexibility index (Phi) is 2.33. The zero-order valence-electron chi connectivity index (χ0n) is 8.90. The van der Waals surface area contributed by atoms with Gasteiger partial charge in [-0.15, -0.1) is 0 Å². The highest BCUT2D eigenvalue weighted by atomic mass is 79.9. The summed E-state index contributed by atoms with van der Waals surface area (Å²) in [5, 5.41) is 4.55. The SMILES string of the molecule is Cc1cccc(-n2nc3c(c2Br)COC3)c1. The fourth-order valence-electron chi connectivity index (χ4n) is 1.91. The average molecular weight is 279 g/mol. The van der Waals surface area contributed by atoms with Crippen molar-refractivity contribution in [3.8, 4) is 5.69 Å². The molecule has 2 aromatic rings. The minimum atomic E-state index is 0.618. The number of ether oxygens (including phenoxy) is 1. The number of aromatic nitrogens is 2. The molecule has 0 N–H and O–H groups in total. The fraction of sp³-hybridized carbons (Fsp3) is 0.250. The largest absolute Gasteiger partial charge is 0.370 e. The lowest BCUT2D eigenvalue weighted by Gasteiger charge is -2.05. The standard InChI is InChI=1S/C12H11BrN2O/c1-8-3-2-4-9(5-8)15-12(13)10-6-16-7-11(10)14-15/h2-5H,6-7H2,1H3. The van der Waals surface area contributed by atoms with Crippen LogP contribution in [0.3, 0.4) is 0 Å². The molecule has 0 saturated carbocycles. The number of aryl methyl sites for hydroxylation is 1. The van der Waals surface area contributed by atoms with Gasteiger partial charge in [0.1, 0.15) is 4.60 Å². The summed E-state index contributed by atoms with van der Waals surface area (Å²) in [6.45, 7) is 3.35. The highest BCUT2D eigenvalue weighted by Crippen LogP contribution is 2.29. The van der Waals surface area contributed by atoms with Gasteiger partial charge >= 0.3 is 0 Å². The second kappa shape index (κ2) is 3.71. The summed E-state index contributed by atoms with van der Waals surface area (Å²) in [4.78, 5) is 0. The average Bonchev–Trinajstić information content (AvgIpc) is 2.82. The first-order valence-corrected chi connectivity index (χ1v) is 5.96. The predicted molar refractivity (Wildman–Crippen MR) is 64.5 cm³/mol. The van der Waals surface area contributed by atoms with Crippen LogP contribution in [0.15, 0.2) is 28.9 Å². The van der Waals surface area contributed by atoms with Crippen molar-refractivity contribution in [3.63, 3.8) is 0 Å². The Morgan fingerprint density at radius 3 is 3.00 bits per heavy atom. The van der Waals surface area contributed by atoms with Crippen molar-refractivity contribution < 1.29 is 4.74 Å². The Balaban J connectivity index is 2.14. The van der Waals surface area contributed by atoms with Crippen LogP contribution < -0.4 is 0 Å². The van der Waals surface area contributed by atoms with E-state index in [4.69, 9.17) is 4.74 Å². The summed E-state index contributed by atoms with van der Waals surface area (Å²) in [5.74, 6) is 0. The number of hydrogen-bond acceptors (Lipinski definition) is 2. The van der Waals surface area contributed by atoms with Crippen LogP contribution in [-0.4, -0.2) is 9.78 Å². The molecule has 0 radical (unpaired) electrons. The molecule has 3 nitrogen and oxygen atoms in total. The van der Waals surface area contributed by atoms with Crippen molar-refractivity contribution in [2.45, 2.75) is 20.1 Å². The quantitative estimate of drug-likeness (QED) is 0.802. The first kappa shape index (κ1) is 10.1. The van der Waals surface area contributed by atoms with Gasteiger partial charge in [-0.3, -0.25) is 0 Å². The molecule has 1 aliphatic rings. The Labute approximate surface area is 102 Å². The van der Waals surface area contributed by atoms with E-state index in [-0.39, 0.29) is 0 Å². The lowest BCUT2D eigenvalue weighted by atomic mass is 10.2. The van der Waals surface area contributed by atoms with Gasteiger partial charge in [0, 0.05) is 5.56 Å². The summed E-state index contributed by atoms with van der Waals surface area (Å²) in [6.07, 6.45) is 0. The molecule has 16 heavy (non-hydrogen) atoms. The first-order chi connectivity index (χ1) is 7.75. The molecule has 0 spiro atoms. The summed E-state index contributed by atoms with van der Waals surface area (Å²) in [6, 6.07) is 8.30. The lowest BCUT2D eigenvalue weighted by molar-refractivity contribution is 0.131. The Morgan fingerprint density at radius 1 is 1.38 bits per heavy atom. The van der Waals surface area contributed by atoms with Gasteiger partial charge in [-0.25, -0.2) is 4.68 Å². The van der Waals surface area contributed by atoms with Crippen LogP contribution in [0.5, 0.6) is 0 Å². The number of hydrogen-bond donors (Lipinski definition) is 0. The van der Waals surface area contributed by atoms with Crippen LogP contribution in [-0.2, 0) is 18.0 Å². The molecule has 0 saturated heterocycles. The molecule has 3 rings (SSSR count). The smallest absolute Gasteiger partial charge is 0.115 e. The van der Waals surface area contributed by atoms with Crippen molar-refractivity contribution in [3.05, 3.63) is 45.7 Å². The monoisotopic (exact) mass is 278 g/mol. The minimum absolute atomic E-state index is 0.618. The molecular formula is C12H11BrN2O. The van der Waals surface area contributed by atoms with E-state index in [2.05, 4.69) is 46.2 Å². The molecule has 1 aromatic heterocycles. The molecular weight excluding hydrogens is 268 g/mol. The van der Waals surface area contributed by atoms with E-state index < -0.39 is 0 Å². The highest BCUT2D eigenvalue weighted by molar-refractivity contribution is 9.10. The van der Waals surface area contributed by atoms with Crippen LogP contribution in [0.1, 0.15) is 16.8 Å². The lowest BCUT2D eigenvalue weighted by Crippen LogP contribution is -1.99. The molecule has 4 heteroatoms. The summed E-state index contributed by atoms with van der Waals surface area (Å²) in [5.41, 5.74) is 4.52. The van der Waals surface area contributed by atoms with Gasteiger partial charge in [-0.2, -0.15) is 5.10 Å². The van der Waals surface area contributed by atoms with Crippen molar-refractivity contribution >= 4 is 15.9 Å². The molecule has 0 aliphatic carbocycles. The van der Waals surface area contributed by atoms with E-state index in [1.54, 1.807) is 0 Å². The zero-order chi connectivity index (χ0) is 11.1. The zero-order valence-corrected chi connectivity index (χ0v) is 10.5. The van der Waals surface area contributed by atoms with Gasteiger partial charge in [0.2, 0.25) is 0 Å². The van der Waals surface area contributed by atoms with E-state index >= 15 is 0 Å². The second-order valence-electron chi connectivity index (χ2n) is 3.96. The maximum atomic E-state index is 5.34. The third-order valence-electron chi connectivity index (χ3n) is 2.74. The van der Waals surface area contributed by atoms with Crippen molar-refractivity contribution in [2.75, 3.05) is 0 Å². The first-order valence-electron chi connectivity index (χ1n) is 5.17. The normalized spacial score (nSPS) is 14.1. The molecule has 0 unspecified atom stereocenters. The molecule has 1 aliphatic heterocycles. The van der Waals surface area contributed by atoms with E-state index in [0.717, 1.165) is 16.0 Å². The number of halogens is 1. The molecule has 0 amide bonds. The van der Waals surface area contributed by atoms with Crippen molar-refractivity contribution in [1.82, 2.24) is 9.78 Å². The van der Waals surface area contributed by atoms with Crippen LogP contribution in [0.2, 0.25) is 0 Å². The van der Waals surface area contributed by atoms with Gasteiger partial charge in [0.05, 0.1) is 24.6 Å². The maximum Gasteiger partial charge on any atom is 0.115 e. The topological polar surface area (TPSA) is 27.1 Å². The number of benzene rings is 1. The summed E-state index contributed by atoms with van der Waals surface area (Å²) in [7, 11) is 0. The molecule has 0 bridgehead atoms. The van der Waals surface area contributed by atoms with E-state index in [0.29, 0.717) is 13.2 Å². The minimum Gasteiger partial charge on any atom is -0.370 e. The number of rotatable bonds is 1. The van der Waals surface area contributed by atoms with E-state index in [1.807, 2.05) is 10.7 Å². The molecule has 2 heterocycles. The Bertz CT molecular complexity index is 548. The van der Waals surface area contributed by atoms with Gasteiger partial charge in [0.15, 0.2) is 0 Å². The van der Waals surface area contributed by atoms with Crippen molar-refractivity contribution in [1.29, 1.82) is 0 Å². The van der Waals surface area contributed by atoms with Gasteiger partial charge in [-0.1, -0.05) is 12.1 Å². The molecule has 0 atom stereocenters. The molecule has 82 valence electrons. The van der Waals surface area contributed by atoms with Gasteiger partial charge in [-0.05, 0) is 40.5 Å². The van der Waals surface area contributed by atoms with Crippen LogP contribution in [0.25, 0.3) is 5.69 Å². The van der Waals surface area contributed by atoms with Gasteiger partial charge < -0.3 is 4.74 Å². The third kappa shape index (κ3) is 1.49. The predicted octanol–water partition coefficient (Wildman–Crippen LogP) is 2.97. The molecule has 1 aromatic carbocycles. The van der Waals surface area contributed by atoms with Crippen LogP contribution in [0.4, 0.5) is 0 Å². The van der Waals surface area contributed by atoms with E-state index in [9.17, 15) is 0 Å². The maximum absolute atomic E-state index is 5.34. The fourth-order valence-corrected chi connectivity index (χ4v) is 2.54. The van der Waals surface area contributed by atoms with E-state index in [1.165, 1.54) is 11.1 Å². The number of fused-ring (bicyclic) bond motifs is 1.